The Hall–Kier alpha value is -1.56. The van der Waals surface area contributed by atoms with Crippen molar-refractivity contribution >= 4 is 40.9 Å². The number of amides is 1. The molecule has 4 nitrogen and oxygen atoms in total. The smallest absolute Gasteiger partial charge is 0.261 e. The van der Waals surface area contributed by atoms with Crippen molar-refractivity contribution in [2.75, 3.05) is 19.4 Å². The third-order valence-electron chi connectivity index (χ3n) is 3.82. The average molecular weight is 428 g/mol. The molecule has 1 amide bonds. The summed E-state index contributed by atoms with van der Waals surface area (Å²) in [4.78, 5) is 12.3. The van der Waals surface area contributed by atoms with Gasteiger partial charge in [-0.05, 0) is 48.4 Å². The van der Waals surface area contributed by atoms with Gasteiger partial charge in [0.1, 0.15) is 11.5 Å². The van der Waals surface area contributed by atoms with E-state index in [1.54, 1.807) is 49.2 Å². The lowest BCUT2D eigenvalue weighted by Gasteiger charge is -2.17. The van der Waals surface area contributed by atoms with Gasteiger partial charge in [0.05, 0.1) is 7.11 Å². The van der Waals surface area contributed by atoms with Gasteiger partial charge in [-0.2, -0.15) is 11.8 Å². The Balaban J connectivity index is 1.72. The van der Waals surface area contributed by atoms with Gasteiger partial charge in [0.2, 0.25) is 0 Å². The van der Waals surface area contributed by atoms with E-state index >= 15 is 0 Å². The number of halogens is 2. The first-order valence-corrected chi connectivity index (χ1v) is 10.5. The molecular weight excluding hydrogens is 405 g/mol. The highest BCUT2D eigenvalue weighted by molar-refractivity contribution is 7.98. The molecule has 0 aliphatic carbocycles. The van der Waals surface area contributed by atoms with Crippen molar-refractivity contribution in [3.63, 3.8) is 0 Å². The van der Waals surface area contributed by atoms with Crippen LogP contribution in [0.2, 0.25) is 10.0 Å². The predicted octanol–water partition coefficient (Wildman–Crippen LogP) is 5.21. The van der Waals surface area contributed by atoms with Gasteiger partial charge in [0.25, 0.3) is 5.91 Å². The summed E-state index contributed by atoms with van der Waals surface area (Å²) in [7, 11) is 1.61. The molecule has 0 spiro atoms. The molecule has 0 aliphatic heterocycles. The standard InChI is InChI=1S/C20H23Cl2NO3S/c1-3-19(26-17-8-6-16(25-2)7-9-17)20(24)23-10-11-27-13-14-4-5-15(21)12-18(14)22/h4-9,12,19H,3,10-11,13H2,1-2H3,(H,23,24)/t19-/m0/s1. The Bertz CT molecular complexity index is 741. The normalized spacial score (nSPS) is 11.7. The van der Waals surface area contributed by atoms with Crippen LogP contribution in [0.25, 0.3) is 0 Å². The van der Waals surface area contributed by atoms with E-state index in [0.717, 1.165) is 22.8 Å². The number of benzene rings is 2. The van der Waals surface area contributed by atoms with Gasteiger partial charge in [-0.3, -0.25) is 4.79 Å². The Labute approximate surface area is 174 Å². The van der Waals surface area contributed by atoms with E-state index in [9.17, 15) is 4.79 Å². The first-order valence-electron chi connectivity index (χ1n) is 8.63. The fourth-order valence-electron chi connectivity index (χ4n) is 2.32. The van der Waals surface area contributed by atoms with Crippen LogP contribution in [0, 0.1) is 0 Å². The number of hydrogen-bond acceptors (Lipinski definition) is 4. The van der Waals surface area contributed by atoms with Gasteiger partial charge >= 0.3 is 0 Å². The van der Waals surface area contributed by atoms with E-state index in [-0.39, 0.29) is 5.91 Å². The lowest BCUT2D eigenvalue weighted by Crippen LogP contribution is -2.39. The molecular formula is C20H23Cl2NO3S. The van der Waals surface area contributed by atoms with Crippen LogP contribution in [0.3, 0.4) is 0 Å². The lowest BCUT2D eigenvalue weighted by molar-refractivity contribution is -0.127. The summed E-state index contributed by atoms with van der Waals surface area (Å²) in [6, 6.07) is 12.7. The highest BCUT2D eigenvalue weighted by atomic mass is 35.5. The minimum absolute atomic E-state index is 0.113. The number of methoxy groups -OCH3 is 1. The van der Waals surface area contributed by atoms with Crippen molar-refractivity contribution in [3.8, 4) is 11.5 Å². The molecule has 0 aromatic heterocycles. The fraction of sp³-hybridized carbons (Fsp3) is 0.350. The highest BCUT2D eigenvalue weighted by Gasteiger charge is 2.17. The Kier molecular flexibility index (Phi) is 9.11. The summed E-state index contributed by atoms with van der Waals surface area (Å²) in [5.41, 5.74) is 1.03. The number of thioether (sulfide) groups is 1. The van der Waals surface area contributed by atoms with E-state index in [4.69, 9.17) is 32.7 Å². The summed E-state index contributed by atoms with van der Waals surface area (Å²) in [6.07, 6.45) is 0.0693. The number of carbonyl (C=O) groups is 1. The van der Waals surface area contributed by atoms with Crippen LogP contribution in [-0.4, -0.2) is 31.4 Å². The summed E-state index contributed by atoms with van der Waals surface area (Å²) >= 11 is 13.8. The molecule has 0 unspecified atom stereocenters. The second-order valence-corrected chi connectivity index (χ2v) is 7.72. The van der Waals surface area contributed by atoms with Crippen molar-refractivity contribution < 1.29 is 14.3 Å². The van der Waals surface area contributed by atoms with E-state index in [1.165, 1.54) is 0 Å². The zero-order valence-corrected chi connectivity index (χ0v) is 17.7. The SMILES string of the molecule is CC[C@H](Oc1ccc(OC)cc1)C(=O)NCCSCc1ccc(Cl)cc1Cl. The third-order valence-corrected chi connectivity index (χ3v) is 5.41. The number of hydrogen-bond donors (Lipinski definition) is 1. The maximum atomic E-state index is 12.3. The molecule has 0 bridgehead atoms. The Morgan fingerprint density at radius 2 is 1.85 bits per heavy atom. The second-order valence-electron chi connectivity index (χ2n) is 5.77. The minimum atomic E-state index is -0.519. The van der Waals surface area contributed by atoms with Gasteiger partial charge in [0, 0.05) is 28.1 Å². The topological polar surface area (TPSA) is 47.6 Å². The molecule has 0 saturated carbocycles. The van der Waals surface area contributed by atoms with Crippen LogP contribution in [-0.2, 0) is 10.5 Å². The highest BCUT2D eigenvalue weighted by Crippen LogP contribution is 2.24. The summed E-state index contributed by atoms with van der Waals surface area (Å²) < 4.78 is 10.9. The quantitative estimate of drug-likeness (QED) is 0.528. The van der Waals surface area contributed by atoms with Crippen LogP contribution in [0.1, 0.15) is 18.9 Å². The molecule has 146 valence electrons. The molecule has 0 heterocycles. The molecule has 0 fully saturated rings. The first-order chi connectivity index (χ1) is 13.0. The van der Waals surface area contributed by atoms with Crippen molar-refractivity contribution in [1.82, 2.24) is 5.32 Å². The summed E-state index contributed by atoms with van der Waals surface area (Å²) in [5.74, 6) is 2.83. The molecule has 7 heteroatoms. The molecule has 27 heavy (non-hydrogen) atoms. The van der Waals surface area contributed by atoms with Crippen molar-refractivity contribution in [3.05, 3.63) is 58.1 Å². The molecule has 0 saturated heterocycles. The van der Waals surface area contributed by atoms with Crippen LogP contribution < -0.4 is 14.8 Å². The zero-order valence-electron chi connectivity index (χ0n) is 15.3. The number of nitrogens with one attached hydrogen (secondary N) is 1. The third kappa shape index (κ3) is 7.17. The first kappa shape index (κ1) is 21.7. The van der Waals surface area contributed by atoms with Crippen LogP contribution >= 0.6 is 35.0 Å². The van der Waals surface area contributed by atoms with E-state index in [1.807, 2.05) is 19.1 Å². The number of carbonyl (C=O) groups excluding carboxylic acids is 1. The zero-order chi connectivity index (χ0) is 19.6. The Morgan fingerprint density at radius 3 is 2.48 bits per heavy atom. The molecule has 1 atom stereocenters. The Morgan fingerprint density at radius 1 is 1.15 bits per heavy atom. The van der Waals surface area contributed by atoms with Crippen LogP contribution in [0.15, 0.2) is 42.5 Å². The maximum Gasteiger partial charge on any atom is 0.261 e. The monoisotopic (exact) mass is 427 g/mol. The molecule has 0 aliphatic rings. The van der Waals surface area contributed by atoms with Crippen molar-refractivity contribution in [2.24, 2.45) is 0 Å². The van der Waals surface area contributed by atoms with E-state index in [0.29, 0.717) is 28.8 Å². The largest absolute Gasteiger partial charge is 0.497 e. The predicted molar refractivity (Wildman–Crippen MR) is 113 cm³/mol. The van der Waals surface area contributed by atoms with E-state index in [2.05, 4.69) is 5.32 Å². The average Bonchev–Trinajstić information content (AvgIpc) is 2.67. The van der Waals surface area contributed by atoms with Gasteiger partial charge in [-0.25, -0.2) is 0 Å². The maximum absolute atomic E-state index is 12.3. The van der Waals surface area contributed by atoms with Crippen molar-refractivity contribution in [2.45, 2.75) is 25.2 Å². The number of ether oxygens (including phenoxy) is 2. The van der Waals surface area contributed by atoms with Crippen LogP contribution in [0.4, 0.5) is 0 Å². The minimum Gasteiger partial charge on any atom is -0.497 e. The van der Waals surface area contributed by atoms with Gasteiger partial charge in [-0.15, -0.1) is 0 Å². The van der Waals surface area contributed by atoms with Gasteiger partial charge < -0.3 is 14.8 Å². The second kappa shape index (κ2) is 11.3. The molecule has 2 aromatic carbocycles. The van der Waals surface area contributed by atoms with Gasteiger partial charge in [0.15, 0.2) is 6.10 Å². The lowest BCUT2D eigenvalue weighted by atomic mass is 10.2. The van der Waals surface area contributed by atoms with Crippen molar-refractivity contribution in [1.29, 1.82) is 0 Å². The number of rotatable bonds is 10. The summed E-state index contributed by atoms with van der Waals surface area (Å²) in [6.45, 7) is 2.49. The van der Waals surface area contributed by atoms with Gasteiger partial charge in [-0.1, -0.05) is 36.2 Å². The van der Waals surface area contributed by atoms with E-state index < -0.39 is 6.10 Å². The molecule has 1 N–H and O–H groups in total. The molecule has 2 aromatic rings. The summed E-state index contributed by atoms with van der Waals surface area (Å²) in [5, 5.41) is 4.22. The van der Waals surface area contributed by atoms with Crippen LogP contribution in [0.5, 0.6) is 11.5 Å². The molecule has 0 radical (unpaired) electrons. The fourth-order valence-corrected chi connectivity index (χ4v) is 3.74. The molecule has 2 rings (SSSR count).